The fraction of sp³-hybridized carbons (Fsp3) is 0.929. The predicted molar refractivity (Wildman–Crippen MR) is 72.8 cm³/mol. The average Bonchev–Trinajstić information content (AvgIpc) is 2.98. The van der Waals surface area contributed by atoms with Gasteiger partial charge in [-0.15, -0.1) is 0 Å². The van der Waals surface area contributed by atoms with Crippen LogP contribution >= 0.6 is 0 Å². The first-order valence-corrected chi connectivity index (χ1v) is 7.40. The minimum Gasteiger partial charge on any atom is -0.469 e. The average molecular weight is 270 g/mol. The van der Waals surface area contributed by atoms with Crippen LogP contribution in [0.5, 0.6) is 0 Å². The summed E-state index contributed by atoms with van der Waals surface area (Å²) < 4.78 is 4.91. The van der Waals surface area contributed by atoms with Crippen molar-refractivity contribution in [2.75, 3.05) is 33.4 Å². The molecule has 2 rings (SSSR count). The number of ether oxygens (including phenoxy) is 1. The number of rotatable bonds is 5. The Morgan fingerprint density at radius 2 is 2.11 bits per heavy atom. The highest BCUT2D eigenvalue weighted by Crippen LogP contribution is 2.28. The van der Waals surface area contributed by atoms with Gasteiger partial charge in [-0.25, -0.2) is 0 Å². The minimum absolute atomic E-state index is 0.0319. The van der Waals surface area contributed by atoms with Crippen molar-refractivity contribution in [2.24, 2.45) is 5.92 Å². The molecule has 0 aromatic heterocycles. The number of methoxy groups -OCH3 is 1. The van der Waals surface area contributed by atoms with E-state index < -0.39 is 0 Å². The van der Waals surface area contributed by atoms with E-state index in [0.717, 1.165) is 19.5 Å². The number of aliphatic hydroxyl groups excluding tert-OH is 1. The summed E-state index contributed by atoms with van der Waals surface area (Å²) in [4.78, 5) is 14.3. The molecule has 2 N–H and O–H groups in total. The van der Waals surface area contributed by atoms with Crippen LogP contribution in [0.15, 0.2) is 0 Å². The Bertz CT molecular complexity index is 292. The molecule has 2 unspecified atom stereocenters. The summed E-state index contributed by atoms with van der Waals surface area (Å²) >= 11 is 0. The zero-order valence-electron chi connectivity index (χ0n) is 11.8. The van der Waals surface area contributed by atoms with Crippen molar-refractivity contribution in [1.82, 2.24) is 10.2 Å². The molecule has 5 nitrogen and oxygen atoms in total. The molecule has 0 radical (unpaired) electrons. The van der Waals surface area contributed by atoms with Gasteiger partial charge in [-0.1, -0.05) is 12.8 Å². The van der Waals surface area contributed by atoms with Gasteiger partial charge in [0, 0.05) is 31.7 Å². The molecule has 2 aliphatic rings. The lowest BCUT2D eigenvalue weighted by molar-refractivity contribution is -0.148. The summed E-state index contributed by atoms with van der Waals surface area (Å²) in [5, 5.41) is 12.3. The number of carbonyl (C=O) groups excluding carboxylic acids is 1. The van der Waals surface area contributed by atoms with E-state index in [2.05, 4.69) is 10.2 Å². The maximum absolute atomic E-state index is 11.8. The Morgan fingerprint density at radius 3 is 2.74 bits per heavy atom. The predicted octanol–water partition coefficient (Wildman–Crippen LogP) is 0.374. The molecular formula is C14H26N2O3. The molecule has 0 amide bonds. The van der Waals surface area contributed by atoms with Crippen molar-refractivity contribution >= 4 is 5.97 Å². The first-order valence-electron chi connectivity index (χ1n) is 7.40. The normalized spacial score (nSPS) is 29.6. The van der Waals surface area contributed by atoms with Crippen LogP contribution in [0.2, 0.25) is 0 Å². The highest BCUT2D eigenvalue weighted by molar-refractivity contribution is 5.72. The lowest BCUT2D eigenvalue weighted by atomic mass is 9.92. The molecule has 110 valence electrons. The van der Waals surface area contributed by atoms with E-state index in [1.165, 1.54) is 32.8 Å². The van der Waals surface area contributed by atoms with Crippen molar-refractivity contribution in [3.05, 3.63) is 0 Å². The largest absolute Gasteiger partial charge is 0.469 e. The number of hydrogen-bond donors (Lipinski definition) is 2. The van der Waals surface area contributed by atoms with Crippen molar-refractivity contribution < 1.29 is 14.6 Å². The van der Waals surface area contributed by atoms with Crippen molar-refractivity contribution in [3.8, 4) is 0 Å². The molecule has 19 heavy (non-hydrogen) atoms. The lowest BCUT2D eigenvalue weighted by Gasteiger charge is -2.40. The van der Waals surface area contributed by atoms with Gasteiger partial charge in [0.25, 0.3) is 0 Å². The monoisotopic (exact) mass is 270 g/mol. The van der Waals surface area contributed by atoms with Crippen LogP contribution in [-0.2, 0) is 9.53 Å². The van der Waals surface area contributed by atoms with Gasteiger partial charge >= 0.3 is 5.97 Å². The van der Waals surface area contributed by atoms with E-state index >= 15 is 0 Å². The summed E-state index contributed by atoms with van der Waals surface area (Å²) in [7, 11) is 1.47. The van der Waals surface area contributed by atoms with Crippen molar-refractivity contribution in [2.45, 2.75) is 44.2 Å². The molecule has 1 heterocycles. The topological polar surface area (TPSA) is 61.8 Å². The zero-order chi connectivity index (χ0) is 13.7. The second kappa shape index (κ2) is 7.22. The van der Waals surface area contributed by atoms with Crippen molar-refractivity contribution in [1.29, 1.82) is 0 Å². The molecule has 1 aliphatic carbocycles. The smallest absolute Gasteiger partial charge is 0.310 e. The summed E-state index contributed by atoms with van der Waals surface area (Å²) in [5.41, 5.74) is 0. The number of nitrogens with one attached hydrogen (secondary N) is 1. The number of piperidine rings is 1. The van der Waals surface area contributed by atoms with Gasteiger partial charge in [0.05, 0.1) is 19.6 Å². The lowest BCUT2D eigenvalue weighted by Crippen LogP contribution is -2.54. The Kier molecular flexibility index (Phi) is 5.60. The molecule has 1 aliphatic heterocycles. The van der Waals surface area contributed by atoms with Gasteiger partial charge in [0.1, 0.15) is 0 Å². The third kappa shape index (κ3) is 3.91. The standard InChI is InChI=1S/C14H26N2O3/c1-19-14(18)11-8-12(15-6-7-17)10-16(9-11)13-4-2-3-5-13/h11-13,15,17H,2-10H2,1H3. The van der Waals surface area contributed by atoms with E-state index in [1.54, 1.807) is 0 Å². The van der Waals surface area contributed by atoms with Crippen LogP contribution in [-0.4, -0.2) is 61.4 Å². The van der Waals surface area contributed by atoms with Crippen LogP contribution in [0.4, 0.5) is 0 Å². The molecule has 2 fully saturated rings. The second-order valence-corrected chi connectivity index (χ2v) is 5.72. The van der Waals surface area contributed by atoms with Crippen LogP contribution in [0.25, 0.3) is 0 Å². The summed E-state index contributed by atoms with van der Waals surface area (Å²) in [5.74, 6) is -0.131. The van der Waals surface area contributed by atoms with Gasteiger partial charge in [-0.2, -0.15) is 0 Å². The van der Waals surface area contributed by atoms with Crippen LogP contribution in [0.1, 0.15) is 32.1 Å². The van der Waals surface area contributed by atoms with E-state index in [0.29, 0.717) is 12.6 Å². The van der Waals surface area contributed by atoms with Gasteiger partial charge in [0.2, 0.25) is 0 Å². The quantitative estimate of drug-likeness (QED) is 0.707. The molecule has 1 saturated heterocycles. The SMILES string of the molecule is COC(=O)C1CC(NCCO)CN(C2CCCC2)C1. The van der Waals surface area contributed by atoms with E-state index in [-0.39, 0.29) is 24.5 Å². The molecule has 5 heteroatoms. The molecule has 0 aromatic carbocycles. The van der Waals surface area contributed by atoms with Crippen LogP contribution < -0.4 is 5.32 Å². The van der Waals surface area contributed by atoms with Gasteiger partial charge in [0.15, 0.2) is 0 Å². The minimum atomic E-state index is -0.0986. The summed E-state index contributed by atoms with van der Waals surface area (Å²) in [6.45, 7) is 2.55. The maximum atomic E-state index is 11.8. The number of esters is 1. The number of likely N-dealkylation sites (tertiary alicyclic amines) is 1. The van der Waals surface area contributed by atoms with Crippen molar-refractivity contribution in [3.63, 3.8) is 0 Å². The highest BCUT2D eigenvalue weighted by atomic mass is 16.5. The summed E-state index contributed by atoms with van der Waals surface area (Å²) in [6, 6.07) is 0.913. The van der Waals surface area contributed by atoms with Crippen LogP contribution in [0, 0.1) is 5.92 Å². The molecule has 2 atom stereocenters. The number of hydrogen-bond acceptors (Lipinski definition) is 5. The Balaban J connectivity index is 1.96. The first-order chi connectivity index (χ1) is 9.24. The molecule has 1 saturated carbocycles. The fourth-order valence-electron chi connectivity index (χ4n) is 3.45. The Hall–Kier alpha value is -0.650. The fourth-order valence-corrected chi connectivity index (χ4v) is 3.45. The van der Waals surface area contributed by atoms with Crippen LogP contribution in [0.3, 0.4) is 0 Å². The number of aliphatic hydroxyl groups is 1. The number of nitrogens with zero attached hydrogens (tertiary/aromatic N) is 1. The highest BCUT2D eigenvalue weighted by Gasteiger charge is 2.35. The Labute approximate surface area is 115 Å². The van der Waals surface area contributed by atoms with E-state index in [4.69, 9.17) is 9.84 Å². The van der Waals surface area contributed by atoms with Gasteiger partial charge < -0.3 is 15.2 Å². The third-order valence-electron chi connectivity index (χ3n) is 4.40. The molecular weight excluding hydrogens is 244 g/mol. The van der Waals surface area contributed by atoms with Gasteiger partial charge in [-0.05, 0) is 19.3 Å². The zero-order valence-corrected chi connectivity index (χ0v) is 11.8. The maximum Gasteiger partial charge on any atom is 0.310 e. The van der Waals surface area contributed by atoms with E-state index in [1.807, 2.05) is 0 Å². The van der Waals surface area contributed by atoms with Gasteiger partial charge in [-0.3, -0.25) is 9.69 Å². The first kappa shape index (κ1) is 14.8. The molecule has 0 bridgehead atoms. The molecule has 0 spiro atoms. The Morgan fingerprint density at radius 1 is 1.37 bits per heavy atom. The summed E-state index contributed by atoms with van der Waals surface area (Å²) in [6.07, 6.45) is 5.93. The van der Waals surface area contributed by atoms with E-state index in [9.17, 15) is 4.79 Å². The second-order valence-electron chi connectivity index (χ2n) is 5.72. The third-order valence-corrected chi connectivity index (χ3v) is 4.40. The number of carbonyl (C=O) groups is 1. The molecule has 0 aromatic rings.